The van der Waals surface area contributed by atoms with Gasteiger partial charge < -0.3 is 10.5 Å². The van der Waals surface area contributed by atoms with Gasteiger partial charge in [-0.15, -0.1) is 0 Å². The van der Waals surface area contributed by atoms with Gasteiger partial charge in [0.1, 0.15) is 10.7 Å². The van der Waals surface area contributed by atoms with Crippen LogP contribution in [-0.2, 0) is 6.42 Å². The highest BCUT2D eigenvalue weighted by Crippen LogP contribution is 2.25. The first-order valence-electron chi connectivity index (χ1n) is 6.43. The Bertz CT molecular complexity index is 586. The van der Waals surface area contributed by atoms with Gasteiger partial charge in [-0.1, -0.05) is 54.2 Å². The Labute approximate surface area is 129 Å². The van der Waals surface area contributed by atoms with Gasteiger partial charge in [-0.2, -0.15) is 0 Å². The van der Waals surface area contributed by atoms with Gasteiger partial charge in [0, 0.05) is 5.56 Å². The molecule has 2 rings (SSSR count). The molecule has 0 saturated carbocycles. The zero-order chi connectivity index (χ0) is 14.4. The molecule has 0 aromatic heterocycles. The van der Waals surface area contributed by atoms with Crippen LogP contribution in [0.15, 0.2) is 48.5 Å². The van der Waals surface area contributed by atoms with E-state index < -0.39 is 0 Å². The van der Waals surface area contributed by atoms with Gasteiger partial charge in [0.2, 0.25) is 0 Å². The first kappa shape index (κ1) is 14.8. The van der Waals surface area contributed by atoms with Gasteiger partial charge in [-0.3, -0.25) is 0 Å². The molecule has 4 heteroatoms. The largest absolute Gasteiger partial charge is 0.492 e. The second-order valence-electron chi connectivity index (χ2n) is 4.45. The Kier molecular flexibility index (Phi) is 5.39. The van der Waals surface area contributed by atoms with E-state index in [1.54, 1.807) is 12.1 Å². The monoisotopic (exact) mass is 305 g/mol. The molecule has 2 nitrogen and oxygen atoms in total. The number of hydrogen-bond acceptors (Lipinski definition) is 2. The highest BCUT2D eigenvalue weighted by molar-refractivity contribution is 7.80. The van der Waals surface area contributed by atoms with Gasteiger partial charge in [0.15, 0.2) is 0 Å². The van der Waals surface area contributed by atoms with E-state index in [-0.39, 0.29) is 0 Å². The first-order valence-corrected chi connectivity index (χ1v) is 7.21. The van der Waals surface area contributed by atoms with Crippen molar-refractivity contribution in [2.45, 2.75) is 12.8 Å². The van der Waals surface area contributed by atoms with Gasteiger partial charge in [0.25, 0.3) is 0 Å². The lowest BCUT2D eigenvalue weighted by Crippen LogP contribution is -2.09. The molecule has 0 fully saturated rings. The Hall–Kier alpha value is -1.58. The summed E-state index contributed by atoms with van der Waals surface area (Å²) in [5.74, 6) is 0.666. The number of nitrogens with two attached hydrogens (primary N) is 1. The average molecular weight is 306 g/mol. The van der Waals surface area contributed by atoms with Crippen LogP contribution in [0.4, 0.5) is 0 Å². The molecule has 0 aliphatic heterocycles. The molecule has 0 bridgehead atoms. The molecule has 0 saturated heterocycles. The number of benzene rings is 2. The lowest BCUT2D eigenvalue weighted by Gasteiger charge is -2.09. The Morgan fingerprint density at radius 2 is 1.90 bits per heavy atom. The molecule has 0 heterocycles. The van der Waals surface area contributed by atoms with E-state index in [4.69, 9.17) is 34.3 Å². The van der Waals surface area contributed by atoms with Crippen molar-refractivity contribution in [2.24, 2.45) is 5.73 Å². The SMILES string of the molecule is NC(=S)c1ccc(OCCCc2ccccc2)c(Cl)c1. The predicted octanol–water partition coefficient (Wildman–Crippen LogP) is 3.99. The van der Waals surface area contributed by atoms with Crippen molar-refractivity contribution in [3.05, 3.63) is 64.7 Å². The molecular formula is C16H16ClNOS. The van der Waals surface area contributed by atoms with Crippen LogP contribution in [-0.4, -0.2) is 11.6 Å². The molecule has 2 aromatic rings. The fraction of sp³-hybridized carbons (Fsp3) is 0.188. The number of aryl methyl sites for hydroxylation is 1. The fourth-order valence-corrected chi connectivity index (χ4v) is 2.24. The first-order chi connectivity index (χ1) is 9.66. The van der Waals surface area contributed by atoms with E-state index in [2.05, 4.69) is 12.1 Å². The molecule has 0 amide bonds. The summed E-state index contributed by atoms with van der Waals surface area (Å²) in [5.41, 5.74) is 7.61. The highest BCUT2D eigenvalue weighted by atomic mass is 35.5. The summed E-state index contributed by atoms with van der Waals surface area (Å²) in [6.07, 6.45) is 1.93. The van der Waals surface area contributed by atoms with Crippen LogP contribution in [0.25, 0.3) is 0 Å². The fourth-order valence-electron chi connectivity index (χ4n) is 1.87. The Balaban J connectivity index is 1.84. The molecule has 2 aromatic carbocycles. The number of thiocarbonyl (C=S) groups is 1. The molecule has 0 unspecified atom stereocenters. The van der Waals surface area contributed by atoms with Crippen LogP contribution in [0.3, 0.4) is 0 Å². The maximum Gasteiger partial charge on any atom is 0.137 e. The zero-order valence-electron chi connectivity index (χ0n) is 11.0. The minimum absolute atomic E-state index is 0.336. The molecule has 0 atom stereocenters. The number of halogens is 1. The van der Waals surface area contributed by atoms with Gasteiger partial charge in [-0.25, -0.2) is 0 Å². The normalized spacial score (nSPS) is 10.2. The summed E-state index contributed by atoms with van der Waals surface area (Å²) in [7, 11) is 0. The van der Waals surface area contributed by atoms with Crippen molar-refractivity contribution < 1.29 is 4.74 Å². The quantitative estimate of drug-likeness (QED) is 0.647. The molecule has 0 spiro atoms. The molecule has 0 aliphatic rings. The number of ether oxygens (including phenoxy) is 1. The lowest BCUT2D eigenvalue weighted by atomic mass is 10.1. The van der Waals surface area contributed by atoms with Crippen molar-refractivity contribution in [2.75, 3.05) is 6.61 Å². The van der Waals surface area contributed by atoms with E-state index in [0.717, 1.165) is 18.4 Å². The number of hydrogen-bond donors (Lipinski definition) is 1. The van der Waals surface area contributed by atoms with Crippen LogP contribution in [0.2, 0.25) is 5.02 Å². The van der Waals surface area contributed by atoms with Gasteiger partial charge in [-0.05, 0) is 36.6 Å². The van der Waals surface area contributed by atoms with E-state index in [9.17, 15) is 0 Å². The molecule has 0 aliphatic carbocycles. The maximum atomic E-state index is 6.13. The summed E-state index contributed by atoms with van der Waals surface area (Å²) in [4.78, 5) is 0.336. The summed E-state index contributed by atoms with van der Waals surface area (Å²) in [5, 5.41) is 0.537. The highest BCUT2D eigenvalue weighted by Gasteiger charge is 2.04. The van der Waals surface area contributed by atoms with E-state index in [1.807, 2.05) is 24.3 Å². The maximum absolute atomic E-state index is 6.13. The molecular weight excluding hydrogens is 290 g/mol. The average Bonchev–Trinajstić information content (AvgIpc) is 2.46. The Morgan fingerprint density at radius 1 is 1.15 bits per heavy atom. The van der Waals surface area contributed by atoms with Crippen molar-refractivity contribution >= 4 is 28.8 Å². The molecule has 2 N–H and O–H groups in total. The van der Waals surface area contributed by atoms with Crippen molar-refractivity contribution in [1.82, 2.24) is 0 Å². The van der Waals surface area contributed by atoms with Crippen LogP contribution >= 0.6 is 23.8 Å². The lowest BCUT2D eigenvalue weighted by molar-refractivity contribution is 0.311. The standard InChI is InChI=1S/C16H16ClNOS/c17-14-11-13(16(18)20)8-9-15(14)19-10-4-7-12-5-2-1-3-6-12/h1-3,5-6,8-9,11H,4,7,10H2,(H2,18,20). The number of rotatable bonds is 6. The topological polar surface area (TPSA) is 35.2 Å². The van der Waals surface area contributed by atoms with Gasteiger partial charge >= 0.3 is 0 Å². The predicted molar refractivity (Wildman–Crippen MR) is 87.6 cm³/mol. The zero-order valence-corrected chi connectivity index (χ0v) is 12.6. The van der Waals surface area contributed by atoms with Crippen LogP contribution in [0.1, 0.15) is 17.5 Å². The second kappa shape index (κ2) is 7.27. The molecule has 104 valence electrons. The third-order valence-corrected chi connectivity index (χ3v) is 3.46. The molecule has 20 heavy (non-hydrogen) atoms. The minimum atomic E-state index is 0.336. The minimum Gasteiger partial charge on any atom is -0.492 e. The van der Waals surface area contributed by atoms with Crippen molar-refractivity contribution in [3.8, 4) is 5.75 Å². The third kappa shape index (κ3) is 4.22. The van der Waals surface area contributed by atoms with Crippen molar-refractivity contribution in [3.63, 3.8) is 0 Å². The summed E-state index contributed by atoms with van der Waals surface area (Å²) < 4.78 is 5.68. The Morgan fingerprint density at radius 3 is 2.55 bits per heavy atom. The molecule has 0 radical (unpaired) electrons. The second-order valence-corrected chi connectivity index (χ2v) is 5.29. The van der Waals surface area contributed by atoms with Crippen LogP contribution < -0.4 is 10.5 Å². The summed E-state index contributed by atoms with van der Waals surface area (Å²) in [6.45, 7) is 0.626. The summed E-state index contributed by atoms with van der Waals surface area (Å²) >= 11 is 11.0. The van der Waals surface area contributed by atoms with Crippen LogP contribution in [0, 0.1) is 0 Å². The van der Waals surface area contributed by atoms with E-state index in [1.165, 1.54) is 5.56 Å². The van der Waals surface area contributed by atoms with Crippen molar-refractivity contribution in [1.29, 1.82) is 0 Å². The summed E-state index contributed by atoms with van der Waals surface area (Å²) in [6, 6.07) is 15.7. The smallest absolute Gasteiger partial charge is 0.137 e. The van der Waals surface area contributed by atoms with E-state index in [0.29, 0.717) is 22.4 Å². The third-order valence-electron chi connectivity index (χ3n) is 2.93. The van der Waals surface area contributed by atoms with Crippen LogP contribution in [0.5, 0.6) is 5.75 Å². The van der Waals surface area contributed by atoms with Gasteiger partial charge in [0.05, 0.1) is 11.6 Å². The van der Waals surface area contributed by atoms with E-state index >= 15 is 0 Å².